The number of aliphatic hydroxyl groups excluding tert-OH is 1. The average molecular weight is 287 g/mol. The van der Waals surface area contributed by atoms with E-state index in [1.807, 2.05) is 55.5 Å². The SMILES string of the molecule is Cc1oc2ccccc2c1C(O)Cc1ccc(Cl)cc1. The molecule has 3 aromatic rings. The second-order valence-electron chi connectivity index (χ2n) is 4.91. The Kier molecular flexibility index (Phi) is 3.51. The Bertz CT molecular complexity index is 728. The minimum Gasteiger partial charge on any atom is -0.461 e. The van der Waals surface area contributed by atoms with Crippen LogP contribution in [0.1, 0.15) is 23.0 Å². The van der Waals surface area contributed by atoms with Gasteiger partial charge in [-0.25, -0.2) is 0 Å². The summed E-state index contributed by atoms with van der Waals surface area (Å²) in [5.41, 5.74) is 2.73. The fourth-order valence-corrected chi connectivity index (χ4v) is 2.67. The molecular weight excluding hydrogens is 272 g/mol. The fourth-order valence-electron chi connectivity index (χ4n) is 2.55. The number of para-hydroxylation sites is 1. The number of benzene rings is 2. The van der Waals surface area contributed by atoms with Gasteiger partial charge in [0.2, 0.25) is 0 Å². The van der Waals surface area contributed by atoms with Crippen LogP contribution in [-0.4, -0.2) is 5.11 Å². The zero-order valence-corrected chi connectivity index (χ0v) is 11.9. The third kappa shape index (κ3) is 2.45. The maximum absolute atomic E-state index is 10.5. The Morgan fingerprint density at radius 3 is 2.55 bits per heavy atom. The Morgan fingerprint density at radius 1 is 1.10 bits per heavy atom. The van der Waals surface area contributed by atoms with Crippen molar-refractivity contribution in [2.24, 2.45) is 0 Å². The second kappa shape index (κ2) is 5.31. The molecule has 1 atom stereocenters. The highest BCUT2D eigenvalue weighted by Gasteiger charge is 2.18. The van der Waals surface area contributed by atoms with Crippen molar-refractivity contribution >= 4 is 22.6 Å². The molecule has 20 heavy (non-hydrogen) atoms. The smallest absolute Gasteiger partial charge is 0.134 e. The molecule has 102 valence electrons. The van der Waals surface area contributed by atoms with E-state index < -0.39 is 6.10 Å². The summed E-state index contributed by atoms with van der Waals surface area (Å²) < 4.78 is 5.70. The first-order chi connectivity index (χ1) is 9.65. The monoisotopic (exact) mass is 286 g/mol. The van der Waals surface area contributed by atoms with Gasteiger partial charge in [-0.1, -0.05) is 41.9 Å². The third-order valence-corrected chi connectivity index (χ3v) is 3.75. The van der Waals surface area contributed by atoms with Crippen LogP contribution < -0.4 is 0 Å². The van der Waals surface area contributed by atoms with Crippen LogP contribution in [0.4, 0.5) is 0 Å². The van der Waals surface area contributed by atoms with E-state index in [4.69, 9.17) is 16.0 Å². The molecule has 0 aliphatic carbocycles. The van der Waals surface area contributed by atoms with Crippen molar-refractivity contribution in [2.45, 2.75) is 19.4 Å². The van der Waals surface area contributed by atoms with Crippen molar-refractivity contribution in [3.05, 3.63) is 70.4 Å². The minimum absolute atomic E-state index is 0.543. The number of halogens is 1. The number of fused-ring (bicyclic) bond motifs is 1. The van der Waals surface area contributed by atoms with E-state index in [1.165, 1.54) is 0 Å². The predicted molar refractivity (Wildman–Crippen MR) is 81.1 cm³/mol. The van der Waals surface area contributed by atoms with Gasteiger partial charge in [-0.05, 0) is 30.7 Å². The molecule has 0 saturated carbocycles. The lowest BCUT2D eigenvalue weighted by Gasteiger charge is -2.10. The molecule has 0 fully saturated rings. The number of rotatable bonds is 3. The Balaban J connectivity index is 1.94. The lowest BCUT2D eigenvalue weighted by atomic mass is 9.99. The topological polar surface area (TPSA) is 33.4 Å². The van der Waals surface area contributed by atoms with Crippen LogP contribution in [0.15, 0.2) is 52.9 Å². The number of aryl methyl sites for hydroxylation is 1. The predicted octanol–water partition coefficient (Wildman–Crippen LogP) is 4.67. The first-order valence-electron chi connectivity index (χ1n) is 6.55. The van der Waals surface area contributed by atoms with Crippen LogP contribution in [-0.2, 0) is 6.42 Å². The van der Waals surface area contributed by atoms with E-state index in [2.05, 4.69) is 0 Å². The van der Waals surface area contributed by atoms with Crippen molar-refractivity contribution in [1.82, 2.24) is 0 Å². The van der Waals surface area contributed by atoms with Gasteiger partial charge in [0.15, 0.2) is 0 Å². The Labute approximate surface area is 122 Å². The van der Waals surface area contributed by atoms with Crippen molar-refractivity contribution in [2.75, 3.05) is 0 Å². The summed E-state index contributed by atoms with van der Waals surface area (Å²) in [5.74, 6) is 0.771. The molecule has 0 saturated heterocycles. The first-order valence-corrected chi connectivity index (χ1v) is 6.93. The molecule has 3 rings (SSSR count). The van der Waals surface area contributed by atoms with Gasteiger partial charge >= 0.3 is 0 Å². The molecule has 0 radical (unpaired) electrons. The number of hydrogen-bond donors (Lipinski definition) is 1. The normalized spacial score (nSPS) is 12.8. The average Bonchev–Trinajstić information content (AvgIpc) is 2.77. The van der Waals surface area contributed by atoms with Crippen molar-refractivity contribution < 1.29 is 9.52 Å². The summed E-state index contributed by atoms with van der Waals surface area (Å²) in [6.45, 7) is 1.89. The standard InChI is InChI=1S/C17H15ClO2/c1-11-17(14-4-2-3-5-16(14)20-11)15(19)10-12-6-8-13(18)9-7-12/h2-9,15,19H,10H2,1H3. The number of hydrogen-bond acceptors (Lipinski definition) is 2. The van der Waals surface area contributed by atoms with Gasteiger partial charge in [-0.15, -0.1) is 0 Å². The van der Waals surface area contributed by atoms with Crippen LogP contribution in [0.5, 0.6) is 0 Å². The highest BCUT2D eigenvalue weighted by atomic mass is 35.5. The van der Waals surface area contributed by atoms with Gasteiger partial charge < -0.3 is 9.52 Å². The van der Waals surface area contributed by atoms with Crippen LogP contribution in [0.3, 0.4) is 0 Å². The summed E-state index contributed by atoms with van der Waals surface area (Å²) in [5, 5.41) is 12.2. The summed E-state index contributed by atoms with van der Waals surface area (Å²) >= 11 is 5.87. The van der Waals surface area contributed by atoms with E-state index in [0.717, 1.165) is 27.9 Å². The van der Waals surface area contributed by atoms with Crippen LogP contribution >= 0.6 is 11.6 Å². The molecule has 1 unspecified atom stereocenters. The van der Waals surface area contributed by atoms with Crippen molar-refractivity contribution in [1.29, 1.82) is 0 Å². The van der Waals surface area contributed by atoms with Gasteiger partial charge in [-0.3, -0.25) is 0 Å². The highest BCUT2D eigenvalue weighted by molar-refractivity contribution is 6.30. The molecule has 0 aliphatic rings. The zero-order valence-electron chi connectivity index (χ0n) is 11.1. The number of furan rings is 1. The van der Waals surface area contributed by atoms with E-state index in [0.29, 0.717) is 11.4 Å². The summed E-state index contributed by atoms with van der Waals surface area (Å²) in [7, 11) is 0. The van der Waals surface area contributed by atoms with Crippen molar-refractivity contribution in [3.63, 3.8) is 0 Å². The molecule has 0 amide bonds. The maximum atomic E-state index is 10.5. The molecule has 0 spiro atoms. The zero-order chi connectivity index (χ0) is 14.1. The van der Waals surface area contributed by atoms with Crippen molar-refractivity contribution in [3.8, 4) is 0 Å². The molecule has 0 aliphatic heterocycles. The molecule has 1 N–H and O–H groups in total. The highest BCUT2D eigenvalue weighted by Crippen LogP contribution is 2.32. The quantitative estimate of drug-likeness (QED) is 0.759. The molecule has 2 aromatic carbocycles. The molecule has 1 heterocycles. The molecule has 2 nitrogen and oxygen atoms in total. The summed E-state index contributed by atoms with van der Waals surface area (Å²) in [6.07, 6.45) is -0.0403. The fraction of sp³-hybridized carbons (Fsp3) is 0.176. The van der Waals surface area contributed by atoms with E-state index in [-0.39, 0.29) is 0 Å². The Morgan fingerprint density at radius 2 is 1.80 bits per heavy atom. The largest absolute Gasteiger partial charge is 0.461 e. The van der Waals surface area contributed by atoms with Gasteiger partial charge in [-0.2, -0.15) is 0 Å². The van der Waals surface area contributed by atoms with Crippen LogP contribution in [0, 0.1) is 6.92 Å². The lowest BCUT2D eigenvalue weighted by molar-refractivity contribution is 0.177. The third-order valence-electron chi connectivity index (χ3n) is 3.50. The molecule has 1 aromatic heterocycles. The van der Waals surface area contributed by atoms with Gasteiger partial charge in [0.25, 0.3) is 0 Å². The first kappa shape index (κ1) is 13.2. The van der Waals surface area contributed by atoms with E-state index in [9.17, 15) is 5.11 Å². The minimum atomic E-state index is -0.583. The second-order valence-corrected chi connectivity index (χ2v) is 5.35. The van der Waals surface area contributed by atoms with Gasteiger partial charge in [0, 0.05) is 22.4 Å². The Hall–Kier alpha value is -1.77. The van der Waals surface area contributed by atoms with E-state index in [1.54, 1.807) is 0 Å². The maximum Gasteiger partial charge on any atom is 0.134 e. The number of aliphatic hydroxyl groups is 1. The van der Waals surface area contributed by atoms with Gasteiger partial charge in [0.05, 0.1) is 6.10 Å². The van der Waals surface area contributed by atoms with Crippen LogP contribution in [0.25, 0.3) is 11.0 Å². The van der Waals surface area contributed by atoms with E-state index >= 15 is 0 Å². The summed E-state index contributed by atoms with van der Waals surface area (Å²) in [6, 6.07) is 15.3. The molecule has 0 bridgehead atoms. The van der Waals surface area contributed by atoms with Gasteiger partial charge in [0.1, 0.15) is 11.3 Å². The van der Waals surface area contributed by atoms with Crippen LogP contribution in [0.2, 0.25) is 5.02 Å². The molecule has 3 heteroatoms. The molecular formula is C17H15ClO2. The summed E-state index contributed by atoms with van der Waals surface area (Å²) in [4.78, 5) is 0. The lowest BCUT2D eigenvalue weighted by Crippen LogP contribution is -2.02.